The van der Waals surface area contributed by atoms with Crippen molar-refractivity contribution in [2.75, 3.05) is 26.2 Å². The smallest absolute Gasteiger partial charge is 0.410 e. The van der Waals surface area contributed by atoms with Crippen molar-refractivity contribution < 1.29 is 9.53 Å². The molecule has 0 radical (unpaired) electrons. The Bertz CT molecular complexity index is 924. The van der Waals surface area contributed by atoms with Gasteiger partial charge in [0, 0.05) is 38.6 Å². The zero-order valence-corrected chi connectivity index (χ0v) is 21.4. The number of nitrogens with one attached hydrogen (secondary N) is 1. The Labute approximate surface area is 207 Å². The van der Waals surface area contributed by atoms with Gasteiger partial charge in [0.05, 0.1) is 19.1 Å². The number of fused-ring (bicyclic) bond motifs is 1. The average Bonchev–Trinajstić information content (AvgIpc) is 3.36. The van der Waals surface area contributed by atoms with Crippen LogP contribution in [0.1, 0.15) is 32.2 Å². The second-order valence-electron chi connectivity index (χ2n) is 9.06. The normalized spacial score (nSPS) is 18.0. The number of carbonyl (C=O) groups excluding carboxylic acids is 1. The Morgan fingerprint density at radius 1 is 1.22 bits per heavy atom. The molecular formula is C23H33IN6O2. The van der Waals surface area contributed by atoms with Crippen molar-refractivity contribution in [1.29, 1.82) is 0 Å². The number of hydrogen-bond donors (Lipinski definition) is 1. The number of hydrogen-bond acceptors (Lipinski definition) is 6. The molecule has 1 unspecified atom stereocenters. The molecule has 4 rings (SSSR count). The molecule has 1 aromatic carbocycles. The number of aliphatic imine (C=N–C) groups is 1. The van der Waals surface area contributed by atoms with Crippen LogP contribution in [0.5, 0.6) is 0 Å². The van der Waals surface area contributed by atoms with Gasteiger partial charge in [-0.05, 0) is 32.8 Å². The zero-order valence-electron chi connectivity index (χ0n) is 19.0. The summed E-state index contributed by atoms with van der Waals surface area (Å²) in [6.07, 6.45) is 4.61. The summed E-state index contributed by atoms with van der Waals surface area (Å²) in [5.74, 6) is 1.89. The van der Waals surface area contributed by atoms with Crippen LogP contribution in [0, 0.1) is 0 Å². The predicted octanol–water partition coefficient (Wildman–Crippen LogP) is 3.12. The Kier molecular flexibility index (Phi) is 8.02. The van der Waals surface area contributed by atoms with Crippen LogP contribution in [0.3, 0.4) is 0 Å². The molecule has 1 saturated heterocycles. The van der Waals surface area contributed by atoms with Crippen LogP contribution in [0.4, 0.5) is 4.79 Å². The molecule has 1 fully saturated rings. The fourth-order valence-corrected chi connectivity index (χ4v) is 3.99. The lowest BCUT2D eigenvalue weighted by Crippen LogP contribution is -2.57. The van der Waals surface area contributed by atoms with E-state index >= 15 is 0 Å². The van der Waals surface area contributed by atoms with Gasteiger partial charge in [-0.1, -0.05) is 30.3 Å². The van der Waals surface area contributed by atoms with Gasteiger partial charge in [0.1, 0.15) is 11.4 Å². The van der Waals surface area contributed by atoms with Gasteiger partial charge in [-0.3, -0.25) is 4.99 Å². The van der Waals surface area contributed by atoms with Crippen LogP contribution in [0.25, 0.3) is 0 Å². The second kappa shape index (κ2) is 10.5. The van der Waals surface area contributed by atoms with Gasteiger partial charge < -0.3 is 24.4 Å². The third-order valence-electron chi connectivity index (χ3n) is 5.55. The van der Waals surface area contributed by atoms with E-state index < -0.39 is 5.60 Å². The highest BCUT2D eigenvalue weighted by Crippen LogP contribution is 2.19. The van der Waals surface area contributed by atoms with Crippen molar-refractivity contribution in [2.45, 2.75) is 51.9 Å². The maximum Gasteiger partial charge on any atom is 0.410 e. The van der Waals surface area contributed by atoms with Gasteiger partial charge in [-0.15, -0.1) is 24.0 Å². The van der Waals surface area contributed by atoms with Crippen LogP contribution in [-0.4, -0.2) is 69.2 Å². The third-order valence-corrected chi connectivity index (χ3v) is 5.55. The number of imidazole rings is 1. The van der Waals surface area contributed by atoms with Crippen molar-refractivity contribution in [3.05, 3.63) is 54.1 Å². The first-order chi connectivity index (χ1) is 14.9. The second-order valence-corrected chi connectivity index (χ2v) is 9.06. The lowest BCUT2D eigenvalue weighted by Gasteiger charge is -2.39. The van der Waals surface area contributed by atoms with Gasteiger partial charge in [-0.2, -0.15) is 0 Å². The summed E-state index contributed by atoms with van der Waals surface area (Å²) < 4.78 is 7.71. The lowest BCUT2D eigenvalue weighted by atomic mass is 10.1. The molecule has 2 aliphatic heterocycles. The van der Waals surface area contributed by atoms with E-state index in [4.69, 9.17) is 4.74 Å². The largest absolute Gasteiger partial charge is 0.444 e. The van der Waals surface area contributed by atoms with Crippen LogP contribution >= 0.6 is 24.0 Å². The molecule has 0 bridgehead atoms. The molecule has 1 atom stereocenters. The number of aromatic nitrogens is 2. The first-order valence-electron chi connectivity index (χ1n) is 11.0. The van der Waals surface area contributed by atoms with Crippen molar-refractivity contribution in [3.8, 4) is 0 Å². The predicted molar refractivity (Wildman–Crippen MR) is 135 cm³/mol. The first kappa shape index (κ1) is 24.3. The minimum atomic E-state index is -0.477. The minimum absolute atomic E-state index is 0. The molecule has 32 heavy (non-hydrogen) atoms. The summed E-state index contributed by atoms with van der Waals surface area (Å²) in [5, 5.41) is 3.46. The molecule has 3 heterocycles. The van der Waals surface area contributed by atoms with Gasteiger partial charge in [0.2, 0.25) is 0 Å². The van der Waals surface area contributed by atoms with Gasteiger partial charge in [0.25, 0.3) is 0 Å². The molecular weight excluding hydrogens is 519 g/mol. The van der Waals surface area contributed by atoms with E-state index in [2.05, 4.69) is 49.0 Å². The van der Waals surface area contributed by atoms with E-state index in [0.717, 1.165) is 31.3 Å². The van der Waals surface area contributed by atoms with Crippen molar-refractivity contribution in [1.82, 2.24) is 24.7 Å². The third kappa shape index (κ3) is 6.14. The number of guanidine groups is 1. The lowest BCUT2D eigenvalue weighted by molar-refractivity contribution is 0.0137. The number of aryl methyl sites for hydroxylation is 2. The standard InChI is InChI=1S/C23H32N6O2.HI/c1-23(2,3)31-22(30)28-13-14-29-19(17-28)15-25-21(29)26-16-20-24-10-12-27(20)11-9-18-7-5-4-6-8-18;/h4-8,10,12,19H,9,11,13-17H2,1-3H3,(H,25,26);1H. The van der Waals surface area contributed by atoms with Crippen LogP contribution in [-0.2, 0) is 24.2 Å². The zero-order chi connectivity index (χ0) is 21.8. The summed E-state index contributed by atoms with van der Waals surface area (Å²) in [6.45, 7) is 9.91. The molecule has 1 aromatic heterocycles. The minimum Gasteiger partial charge on any atom is -0.444 e. The first-order valence-corrected chi connectivity index (χ1v) is 11.0. The van der Waals surface area contributed by atoms with E-state index in [1.54, 1.807) is 4.90 Å². The summed E-state index contributed by atoms with van der Waals surface area (Å²) in [6, 6.07) is 10.7. The van der Waals surface area contributed by atoms with Gasteiger partial charge in [-0.25, -0.2) is 9.78 Å². The number of amides is 1. The Balaban J connectivity index is 0.00000289. The van der Waals surface area contributed by atoms with Crippen molar-refractivity contribution in [2.24, 2.45) is 4.99 Å². The fourth-order valence-electron chi connectivity index (χ4n) is 3.99. The molecule has 8 nitrogen and oxygen atoms in total. The van der Waals surface area contributed by atoms with E-state index in [9.17, 15) is 4.79 Å². The summed E-state index contributed by atoms with van der Waals surface area (Å²) in [4.78, 5) is 25.6. The van der Waals surface area contributed by atoms with Gasteiger partial charge in [0.15, 0.2) is 5.96 Å². The van der Waals surface area contributed by atoms with E-state index in [1.807, 2.05) is 39.2 Å². The summed E-state index contributed by atoms with van der Waals surface area (Å²) in [5.41, 5.74) is 0.844. The number of rotatable bonds is 5. The molecule has 2 aromatic rings. The molecule has 0 spiro atoms. The maximum atomic E-state index is 12.4. The van der Waals surface area contributed by atoms with E-state index in [-0.39, 0.29) is 36.1 Å². The van der Waals surface area contributed by atoms with Crippen molar-refractivity contribution in [3.63, 3.8) is 0 Å². The maximum absolute atomic E-state index is 12.4. The molecule has 9 heteroatoms. The van der Waals surface area contributed by atoms with Crippen LogP contribution in [0.2, 0.25) is 0 Å². The Hall–Kier alpha value is -2.30. The van der Waals surface area contributed by atoms with E-state index in [0.29, 0.717) is 26.2 Å². The fraction of sp³-hybridized carbons (Fsp3) is 0.522. The van der Waals surface area contributed by atoms with Crippen LogP contribution < -0.4 is 5.32 Å². The SMILES string of the molecule is CC(C)(C)OC(=O)N1CCN2C(NCc3nccn3CCc3ccccc3)=NCC2C1.I. The average molecular weight is 552 g/mol. The van der Waals surface area contributed by atoms with Gasteiger partial charge >= 0.3 is 6.09 Å². The molecule has 1 N–H and O–H groups in total. The van der Waals surface area contributed by atoms with E-state index in [1.165, 1.54) is 5.56 Å². The molecule has 0 saturated carbocycles. The number of ether oxygens (including phenoxy) is 1. The monoisotopic (exact) mass is 552 g/mol. The number of halogens is 1. The molecule has 2 aliphatic rings. The highest BCUT2D eigenvalue weighted by Gasteiger charge is 2.36. The highest BCUT2D eigenvalue weighted by atomic mass is 127. The molecule has 1 amide bonds. The quantitative estimate of drug-likeness (QED) is 0.578. The topological polar surface area (TPSA) is 75.0 Å². The summed E-state index contributed by atoms with van der Waals surface area (Å²) >= 11 is 0. The Morgan fingerprint density at radius 3 is 2.75 bits per heavy atom. The van der Waals surface area contributed by atoms with Crippen LogP contribution in [0.15, 0.2) is 47.7 Å². The molecule has 0 aliphatic carbocycles. The number of carbonyl (C=O) groups is 1. The number of nitrogens with zero attached hydrogens (tertiary/aromatic N) is 5. The Morgan fingerprint density at radius 2 is 2.00 bits per heavy atom. The molecule has 174 valence electrons. The number of piperazine rings is 1. The number of benzene rings is 1. The summed E-state index contributed by atoms with van der Waals surface area (Å²) in [7, 11) is 0. The highest BCUT2D eigenvalue weighted by molar-refractivity contribution is 14.0. The van der Waals surface area contributed by atoms with Crippen molar-refractivity contribution >= 4 is 36.0 Å².